The maximum absolute atomic E-state index is 11.1. The fraction of sp³-hybridized carbons (Fsp3) is 0.550. The average molecular weight is 360 g/mol. The summed E-state index contributed by atoms with van der Waals surface area (Å²) in [7, 11) is 0. The average Bonchev–Trinajstić information content (AvgIpc) is 2.97. The Labute approximate surface area is 154 Å². The van der Waals surface area contributed by atoms with Crippen LogP contribution in [0.4, 0.5) is 5.82 Å². The van der Waals surface area contributed by atoms with E-state index in [1.165, 1.54) is 24.8 Å². The number of pyridine rings is 1. The van der Waals surface area contributed by atoms with Crippen molar-refractivity contribution in [2.24, 2.45) is 0 Å². The molecule has 2 aliphatic rings. The highest BCUT2D eigenvalue weighted by atomic mass is 35.5. The highest BCUT2D eigenvalue weighted by Crippen LogP contribution is 2.30. The molecule has 0 unspecified atom stereocenters. The molecule has 0 spiro atoms. The Morgan fingerprint density at radius 2 is 1.96 bits per heavy atom. The Kier molecular flexibility index (Phi) is 4.61. The van der Waals surface area contributed by atoms with Gasteiger partial charge in [-0.25, -0.2) is 4.98 Å². The van der Waals surface area contributed by atoms with Crippen LogP contribution in [0.3, 0.4) is 0 Å². The zero-order chi connectivity index (χ0) is 17.4. The predicted molar refractivity (Wildman–Crippen MR) is 104 cm³/mol. The number of aryl methyl sites for hydroxylation is 1. The third-order valence-corrected chi connectivity index (χ3v) is 5.82. The van der Waals surface area contributed by atoms with Crippen molar-refractivity contribution in [2.75, 3.05) is 37.6 Å². The first-order valence-corrected chi connectivity index (χ1v) is 9.67. The number of rotatable bonds is 3. The standard InChI is InChI=1S/C20H26ClN3O/c1-15-11-19(22-18-12-16(21)5-6-17(15)18)24-10-7-20(25,14-24)13-23-8-3-2-4-9-23/h5-6,11-12,25H,2-4,7-10,13-14H2,1H3/t20-/m1/s1. The van der Waals surface area contributed by atoms with Gasteiger partial charge in [0.2, 0.25) is 0 Å². The number of benzene rings is 1. The summed E-state index contributed by atoms with van der Waals surface area (Å²) in [5.74, 6) is 0.946. The van der Waals surface area contributed by atoms with Crippen LogP contribution in [0, 0.1) is 6.92 Å². The van der Waals surface area contributed by atoms with Gasteiger partial charge in [-0.15, -0.1) is 0 Å². The summed E-state index contributed by atoms with van der Waals surface area (Å²) >= 11 is 6.14. The minimum atomic E-state index is -0.629. The van der Waals surface area contributed by atoms with Gasteiger partial charge in [-0.05, 0) is 63.0 Å². The van der Waals surface area contributed by atoms with E-state index in [0.29, 0.717) is 11.6 Å². The van der Waals surface area contributed by atoms with Crippen molar-refractivity contribution in [1.29, 1.82) is 0 Å². The van der Waals surface area contributed by atoms with E-state index in [-0.39, 0.29) is 0 Å². The first kappa shape index (κ1) is 17.1. The molecule has 0 saturated carbocycles. The van der Waals surface area contributed by atoms with Gasteiger partial charge in [0.05, 0.1) is 11.1 Å². The normalized spacial score (nSPS) is 25.0. The zero-order valence-corrected chi connectivity index (χ0v) is 15.6. The van der Waals surface area contributed by atoms with Crippen molar-refractivity contribution in [3.05, 3.63) is 34.9 Å². The second-order valence-corrected chi connectivity index (χ2v) is 8.13. The Balaban J connectivity index is 1.53. The maximum atomic E-state index is 11.1. The molecule has 5 heteroatoms. The lowest BCUT2D eigenvalue weighted by atomic mass is 10.0. The van der Waals surface area contributed by atoms with E-state index in [9.17, 15) is 5.11 Å². The molecule has 0 aliphatic carbocycles. The van der Waals surface area contributed by atoms with E-state index in [4.69, 9.17) is 16.6 Å². The molecule has 2 saturated heterocycles. The molecule has 0 amide bonds. The van der Waals surface area contributed by atoms with Crippen LogP contribution in [-0.4, -0.2) is 53.3 Å². The summed E-state index contributed by atoms with van der Waals surface area (Å²) in [6.07, 6.45) is 4.64. The van der Waals surface area contributed by atoms with Gasteiger partial charge < -0.3 is 14.9 Å². The van der Waals surface area contributed by atoms with E-state index < -0.39 is 5.60 Å². The number of nitrogens with zero attached hydrogens (tertiary/aromatic N) is 3. The third kappa shape index (κ3) is 3.62. The molecular formula is C20H26ClN3O. The highest BCUT2D eigenvalue weighted by Gasteiger charge is 2.38. The molecule has 0 bridgehead atoms. The predicted octanol–water partition coefficient (Wildman–Crippen LogP) is 3.62. The number of hydrogen-bond acceptors (Lipinski definition) is 4. The second kappa shape index (κ2) is 6.75. The minimum absolute atomic E-state index is 0.629. The monoisotopic (exact) mass is 359 g/mol. The van der Waals surface area contributed by atoms with Gasteiger partial charge >= 0.3 is 0 Å². The van der Waals surface area contributed by atoms with Crippen LogP contribution in [0.5, 0.6) is 0 Å². The van der Waals surface area contributed by atoms with E-state index >= 15 is 0 Å². The molecule has 4 rings (SSSR count). The first-order chi connectivity index (χ1) is 12.0. The third-order valence-electron chi connectivity index (χ3n) is 5.59. The molecular weight excluding hydrogens is 334 g/mol. The molecule has 2 aliphatic heterocycles. The van der Waals surface area contributed by atoms with Crippen molar-refractivity contribution in [2.45, 2.75) is 38.2 Å². The summed E-state index contributed by atoms with van der Waals surface area (Å²) in [6.45, 7) is 6.63. The largest absolute Gasteiger partial charge is 0.387 e. The van der Waals surface area contributed by atoms with E-state index in [1.54, 1.807) is 0 Å². The van der Waals surface area contributed by atoms with Gasteiger partial charge in [0.25, 0.3) is 0 Å². The maximum Gasteiger partial charge on any atom is 0.129 e. The molecule has 25 heavy (non-hydrogen) atoms. The molecule has 1 atom stereocenters. The summed E-state index contributed by atoms with van der Waals surface area (Å²) < 4.78 is 0. The fourth-order valence-electron chi connectivity index (χ4n) is 4.23. The number of aromatic nitrogens is 1. The summed E-state index contributed by atoms with van der Waals surface area (Å²) in [6, 6.07) is 7.98. The molecule has 2 aromatic rings. The van der Waals surface area contributed by atoms with Crippen LogP contribution < -0.4 is 4.90 Å². The molecule has 1 N–H and O–H groups in total. The van der Waals surface area contributed by atoms with E-state index in [1.807, 2.05) is 18.2 Å². The molecule has 3 heterocycles. The van der Waals surface area contributed by atoms with Crippen molar-refractivity contribution < 1.29 is 5.11 Å². The Bertz CT molecular complexity index is 775. The number of piperidine rings is 1. The first-order valence-electron chi connectivity index (χ1n) is 9.29. The van der Waals surface area contributed by atoms with Crippen LogP contribution in [0.2, 0.25) is 5.02 Å². The van der Waals surface area contributed by atoms with E-state index in [0.717, 1.165) is 49.3 Å². The Hall–Kier alpha value is -1.36. The quantitative estimate of drug-likeness (QED) is 0.908. The number of halogens is 1. The van der Waals surface area contributed by atoms with Crippen LogP contribution >= 0.6 is 11.6 Å². The highest BCUT2D eigenvalue weighted by molar-refractivity contribution is 6.31. The molecule has 1 aromatic heterocycles. The number of β-amino-alcohol motifs (C(OH)–C–C–N with tert-alkyl or cyclic N) is 1. The number of likely N-dealkylation sites (tertiary alicyclic amines) is 1. The molecule has 4 nitrogen and oxygen atoms in total. The molecule has 0 radical (unpaired) electrons. The number of hydrogen-bond donors (Lipinski definition) is 1. The lowest BCUT2D eigenvalue weighted by molar-refractivity contribution is 0.0169. The van der Waals surface area contributed by atoms with E-state index in [2.05, 4.69) is 22.8 Å². The lowest BCUT2D eigenvalue weighted by Crippen LogP contribution is -2.46. The van der Waals surface area contributed by atoms with Crippen molar-refractivity contribution in [3.8, 4) is 0 Å². The summed E-state index contributed by atoms with van der Waals surface area (Å²) in [5.41, 5.74) is 1.49. The Morgan fingerprint density at radius 1 is 1.16 bits per heavy atom. The number of aliphatic hydroxyl groups is 1. The summed E-state index contributed by atoms with van der Waals surface area (Å²) in [4.78, 5) is 9.45. The van der Waals surface area contributed by atoms with Crippen LogP contribution in [-0.2, 0) is 0 Å². The summed E-state index contributed by atoms with van der Waals surface area (Å²) in [5, 5.41) is 12.9. The van der Waals surface area contributed by atoms with Gasteiger partial charge in [0, 0.05) is 30.0 Å². The van der Waals surface area contributed by atoms with Gasteiger partial charge in [-0.3, -0.25) is 0 Å². The molecule has 2 fully saturated rings. The van der Waals surface area contributed by atoms with Gasteiger partial charge in [-0.2, -0.15) is 0 Å². The number of fused-ring (bicyclic) bond motifs is 1. The fourth-order valence-corrected chi connectivity index (χ4v) is 4.40. The Morgan fingerprint density at radius 3 is 2.76 bits per heavy atom. The van der Waals surface area contributed by atoms with Gasteiger partial charge in [-0.1, -0.05) is 24.1 Å². The minimum Gasteiger partial charge on any atom is -0.387 e. The smallest absolute Gasteiger partial charge is 0.129 e. The van der Waals surface area contributed by atoms with Crippen LogP contribution in [0.1, 0.15) is 31.2 Å². The lowest BCUT2D eigenvalue weighted by Gasteiger charge is -2.33. The van der Waals surface area contributed by atoms with Crippen molar-refractivity contribution in [3.63, 3.8) is 0 Å². The zero-order valence-electron chi connectivity index (χ0n) is 14.8. The van der Waals surface area contributed by atoms with Crippen molar-refractivity contribution >= 4 is 28.3 Å². The topological polar surface area (TPSA) is 39.6 Å². The SMILES string of the molecule is Cc1cc(N2CC[C@@](O)(CN3CCCCC3)C2)nc2cc(Cl)ccc12. The number of anilines is 1. The van der Waals surface area contributed by atoms with Gasteiger partial charge in [0.1, 0.15) is 5.82 Å². The van der Waals surface area contributed by atoms with Crippen LogP contribution in [0.25, 0.3) is 10.9 Å². The van der Waals surface area contributed by atoms with Gasteiger partial charge in [0.15, 0.2) is 0 Å². The van der Waals surface area contributed by atoms with Crippen LogP contribution in [0.15, 0.2) is 24.3 Å². The van der Waals surface area contributed by atoms with Crippen molar-refractivity contribution in [1.82, 2.24) is 9.88 Å². The molecule has 1 aromatic carbocycles. The molecule has 134 valence electrons. The second-order valence-electron chi connectivity index (χ2n) is 7.69.